The van der Waals surface area contributed by atoms with Crippen LogP contribution < -0.4 is 5.32 Å². The van der Waals surface area contributed by atoms with Gasteiger partial charge in [-0.25, -0.2) is 0 Å². The Morgan fingerprint density at radius 3 is 2.84 bits per heavy atom. The third-order valence-electron chi connectivity index (χ3n) is 3.49. The maximum Gasteiger partial charge on any atom is 0.287 e. The highest BCUT2D eigenvalue weighted by atomic mass is 16.6. The average Bonchev–Trinajstić information content (AvgIpc) is 3.21. The van der Waals surface area contributed by atoms with Crippen molar-refractivity contribution in [2.24, 2.45) is 5.92 Å². The molecular weight excluding hydrogens is 242 g/mol. The third kappa shape index (κ3) is 3.44. The lowest BCUT2D eigenvalue weighted by molar-refractivity contribution is -0.385. The summed E-state index contributed by atoms with van der Waals surface area (Å²) in [6.45, 7) is 2.12. The number of nitro benzene ring substituents is 1. The number of nitriles is 1. The number of nitrogens with one attached hydrogen (secondary N) is 1. The van der Waals surface area contributed by atoms with Gasteiger partial charge in [-0.05, 0) is 30.9 Å². The van der Waals surface area contributed by atoms with Crippen molar-refractivity contribution < 1.29 is 4.92 Å². The molecule has 0 spiro atoms. The molecule has 1 atom stereocenters. The number of nitro groups is 1. The zero-order valence-electron chi connectivity index (χ0n) is 10.9. The monoisotopic (exact) mass is 259 g/mol. The van der Waals surface area contributed by atoms with Crippen molar-refractivity contribution in [1.29, 1.82) is 5.26 Å². The largest absolute Gasteiger partial charge is 0.382 e. The summed E-state index contributed by atoms with van der Waals surface area (Å²) in [4.78, 5) is 10.2. The molecule has 0 aliphatic heterocycles. The summed E-state index contributed by atoms with van der Waals surface area (Å²) in [7, 11) is 0. The second kappa shape index (κ2) is 5.70. The minimum atomic E-state index is -0.524. The molecule has 1 unspecified atom stereocenters. The smallest absolute Gasteiger partial charge is 0.287 e. The van der Waals surface area contributed by atoms with Crippen LogP contribution in [-0.4, -0.2) is 11.0 Å². The summed E-state index contributed by atoms with van der Waals surface area (Å²) in [5, 5.41) is 23.1. The highest BCUT2D eigenvalue weighted by Crippen LogP contribution is 2.35. The number of hydrogen-bond acceptors (Lipinski definition) is 4. The fourth-order valence-corrected chi connectivity index (χ4v) is 2.19. The fraction of sp³-hybridized carbons (Fsp3) is 0.500. The molecule has 1 aromatic carbocycles. The van der Waals surface area contributed by atoms with E-state index in [9.17, 15) is 10.1 Å². The van der Waals surface area contributed by atoms with Crippen LogP contribution in [0.15, 0.2) is 18.2 Å². The van der Waals surface area contributed by atoms with Crippen molar-refractivity contribution in [1.82, 2.24) is 0 Å². The standard InChI is InChI=1S/C14H17N3O2/c1-2-12(7-10-3-4-10)16-13-5-6-14(17(18)19)11(8-13)9-15/h5-6,8,10,12,16H,2-4,7H2,1H3. The molecule has 1 aliphatic carbocycles. The number of anilines is 1. The molecule has 5 nitrogen and oxygen atoms in total. The molecule has 100 valence electrons. The SMILES string of the molecule is CCC(CC1CC1)Nc1ccc([N+](=O)[O-])c(C#N)c1. The van der Waals surface area contributed by atoms with Gasteiger partial charge < -0.3 is 5.32 Å². The van der Waals surface area contributed by atoms with Gasteiger partial charge in [-0.1, -0.05) is 19.8 Å². The zero-order valence-corrected chi connectivity index (χ0v) is 10.9. The Labute approximate surface area is 112 Å². The fourth-order valence-electron chi connectivity index (χ4n) is 2.19. The van der Waals surface area contributed by atoms with Gasteiger partial charge in [0, 0.05) is 17.8 Å². The van der Waals surface area contributed by atoms with E-state index in [0.29, 0.717) is 6.04 Å². The van der Waals surface area contributed by atoms with Gasteiger partial charge in [-0.3, -0.25) is 10.1 Å². The summed E-state index contributed by atoms with van der Waals surface area (Å²) < 4.78 is 0. The van der Waals surface area contributed by atoms with Crippen molar-refractivity contribution in [3.8, 4) is 6.07 Å². The van der Waals surface area contributed by atoms with Crippen LogP contribution in [0.1, 0.15) is 38.2 Å². The lowest BCUT2D eigenvalue weighted by Gasteiger charge is -2.18. The van der Waals surface area contributed by atoms with E-state index in [2.05, 4.69) is 12.2 Å². The topological polar surface area (TPSA) is 79.0 Å². The van der Waals surface area contributed by atoms with Crippen molar-refractivity contribution >= 4 is 11.4 Å². The van der Waals surface area contributed by atoms with Gasteiger partial charge in [0.1, 0.15) is 11.6 Å². The predicted octanol–water partition coefficient (Wildman–Crippen LogP) is 3.46. The summed E-state index contributed by atoms with van der Waals surface area (Å²) in [6, 6.07) is 6.89. The van der Waals surface area contributed by atoms with Crippen molar-refractivity contribution in [2.75, 3.05) is 5.32 Å². The molecule has 1 saturated carbocycles. The molecule has 0 bridgehead atoms. The van der Waals surface area contributed by atoms with Gasteiger partial charge in [0.25, 0.3) is 5.69 Å². The van der Waals surface area contributed by atoms with Gasteiger partial charge in [-0.15, -0.1) is 0 Å². The third-order valence-corrected chi connectivity index (χ3v) is 3.49. The number of benzene rings is 1. The van der Waals surface area contributed by atoms with E-state index in [-0.39, 0.29) is 11.3 Å². The predicted molar refractivity (Wildman–Crippen MR) is 72.9 cm³/mol. The first kappa shape index (κ1) is 13.3. The summed E-state index contributed by atoms with van der Waals surface area (Å²) in [5.74, 6) is 0.825. The molecule has 1 N–H and O–H groups in total. The van der Waals surface area contributed by atoms with E-state index in [1.54, 1.807) is 12.1 Å². The molecule has 0 amide bonds. The number of rotatable bonds is 6. The molecule has 2 rings (SSSR count). The average molecular weight is 259 g/mol. The van der Waals surface area contributed by atoms with Crippen LogP contribution in [0.5, 0.6) is 0 Å². The highest BCUT2D eigenvalue weighted by Gasteiger charge is 2.25. The van der Waals surface area contributed by atoms with Crippen LogP contribution in [0.4, 0.5) is 11.4 Å². The molecule has 0 radical (unpaired) electrons. The number of nitrogens with zero attached hydrogens (tertiary/aromatic N) is 2. The van der Waals surface area contributed by atoms with Crippen LogP contribution in [0.2, 0.25) is 0 Å². The minimum absolute atomic E-state index is 0.108. The minimum Gasteiger partial charge on any atom is -0.382 e. The van der Waals surface area contributed by atoms with E-state index in [1.807, 2.05) is 6.07 Å². The Balaban J connectivity index is 2.11. The Hall–Kier alpha value is -2.09. The van der Waals surface area contributed by atoms with E-state index in [0.717, 1.165) is 24.4 Å². The second-order valence-electron chi connectivity index (χ2n) is 5.03. The molecule has 5 heteroatoms. The quantitative estimate of drug-likeness (QED) is 0.626. The molecule has 0 aromatic heterocycles. The summed E-state index contributed by atoms with van der Waals surface area (Å²) in [6.07, 6.45) is 4.76. The molecule has 1 fully saturated rings. The van der Waals surface area contributed by atoms with Crippen LogP contribution in [0.25, 0.3) is 0 Å². The van der Waals surface area contributed by atoms with E-state index in [4.69, 9.17) is 5.26 Å². The van der Waals surface area contributed by atoms with E-state index in [1.165, 1.54) is 18.9 Å². The molecule has 19 heavy (non-hydrogen) atoms. The molecule has 1 aliphatic rings. The van der Waals surface area contributed by atoms with Crippen molar-refractivity contribution in [2.45, 2.75) is 38.6 Å². The van der Waals surface area contributed by atoms with Gasteiger partial charge in [0.2, 0.25) is 0 Å². The van der Waals surface area contributed by atoms with E-state index < -0.39 is 4.92 Å². The van der Waals surface area contributed by atoms with Gasteiger partial charge in [-0.2, -0.15) is 5.26 Å². The lowest BCUT2D eigenvalue weighted by atomic mass is 10.1. The Bertz CT molecular complexity index is 518. The van der Waals surface area contributed by atoms with Gasteiger partial charge in [0.15, 0.2) is 0 Å². The summed E-state index contributed by atoms with van der Waals surface area (Å²) >= 11 is 0. The van der Waals surface area contributed by atoms with Gasteiger partial charge >= 0.3 is 0 Å². The Morgan fingerprint density at radius 1 is 1.58 bits per heavy atom. The maximum absolute atomic E-state index is 10.8. The van der Waals surface area contributed by atoms with E-state index >= 15 is 0 Å². The Kier molecular flexibility index (Phi) is 4.00. The van der Waals surface area contributed by atoms with Crippen LogP contribution in [-0.2, 0) is 0 Å². The normalized spacial score (nSPS) is 15.6. The van der Waals surface area contributed by atoms with Crippen LogP contribution >= 0.6 is 0 Å². The zero-order chi connectivity index (χ0) is 13.8. The lowest BCUT2D eigenvalue weighted by Crippen LogP contribution is -2.19. The van der Waals surface area contributed by atoms with Gasteiger partial charge in [0.05, 0.1) is 4.92 Å². The maximum atomic E-state index is 10.8. The number of hydrogen-bond donors (Lipinski definition) is 1. The molecule has 1 aromatic rings. The first-order valence-corrected chi connectivity index (χ1v) is 6.59. The molecule has 0 saturated heterocycles. The van der Waals surface area contributed by atoms with Crippen LogP contribution in [0, 0.1) is 27.4 Å². The summed E-state index contributed by atoms with van der Waals surface area (Å²) in [5.41, 5.74) is 0.759. The first-order valence-electron chi connectivity index (χ1n) is 6.59. The van der Waals surface area contributed by atoms with Crippen molar-refractivity contribution in [3.05, 3.63) is 33.9 Å². The molecule has 0 heterocycles. The first-order chi connectivity index (χ1) is 9.13. The highest BCUT2D eigenvalue weighted by molar-refractivity contribution is 5.58. The second-order valence-corrected chi connectivity index (χ2v) is 5.03. The Morgan fingerprint density at radius 2 is 2.32 bits per heavy atom. The molecular formula is C14H17N3O2. The van der Waals surface area contributed by atoms with Crippen LogP contribution in [0.3, 0.4) is 0 Å². The van der Waals surface area contributed by atoms with Crippen molar-refractivity contribution in [3.63, 3.8) is 0 Å².